The number of aromatic nitrogens is 1. The van der Waals surface area contributed by atoms with Gasteiger partial charge in [-0.2, -0.15) is 0 Å². The second-order valence-corrected chi connectivity index (χ2v) is 4.77. The second-order valence-electron chi connectivity index (χ2n) is 4.77. The first-order chi connectivity index (χ1) is 9.42. The summed E-state index contributed by atoms with van der Waals surface area (Å²) in [5, 5.41) is 8.17. The van der Waals surface area contributed by atoms with Gasteiger partial charge < -0.3 is 10.6 Å². The molecule has 0 saturated carbocycles. The highest BCUT2D eigenvalue weighted by Gasteiger charge is 2.00. The number of rotatable bonds is 8. The van der Waals surface area contributed by atoms with E-state index in [0.717, 1.165) is 31.7 Å². The van der Waals surface area contributed by atoms with Gasteiger partial charge in [-0.15, -0.1) is 0 Å². The Morgan fingerprint density at radius 2 is 1.89 bits per heavy atom. The average molecular weight is 257 g/mol. The van der Waals surface area contributed by atoms with Gasteiger partial charge in [-0.05, 0) is 50.2 Å². The molecule has 0 amide bonds. The second kappa shape index (κ2) is 7.87. The first-order valence-corrected chi connectivity index (χ1v) is 7.16. The summed E-state index contributed by atoms with van der Waals surface area (Å²) in [6, 6.07) is 10.5. The highest BCUT2D eigenvalue weighted by atomic mass is 14.9. The normalized spacial score (nSPS) is 11.0. The van der Waals surface area contributed by atoms with E-state index in [2.05, 4.69) is 46.8 Å². The molecule has 0 fully saturated rings. The smallest absolute Gasteiger partial charge is 0.0705 e. The van der Waals surface area contributed by atoms with Gasteiger partial charge in [0.1, 0.15) is 0 Å². The van der Waals surface area contributed by atoms with Crippen LogP contribution in [0.2, 0.25) is 0 Å². The molecule has 0 spiro atoms. The van der Waals surface area contributed by atoms with Crippen molar-refractivity contribution in [1.82, 2.24) is 15.6 Å². The molecule has 1 aromatic carbocycles. The number of hydrogen-bond donors (Lipinski definition) is 2. The molecule has 0 aliphatic heterocycles. The molecule has 2 N–H and O–H groups in total. The number of hydrogen-bond acceptors (Lipinski definition) is 3. The lowest BCUT2D eigenvalue weighted by molar-refractivity contribution is 0.593. The predicted molar refractivity (Wildman–Crippen MR) is 81.2 cm³/mol. The molecule has 2 aromatic rings. The van der Waals surface area contributed by atoms with Gasteiger partial charge in [0.05, 0.1) is 5.52 Å². The lowest BCUT2D eigenvalue weighted by Crippen LogP contribution is -2.22. The van der Waals surface area contributed by atoms with E-state index in [1.807, 2.05) is 12.3 Å². The molecule has 0 radical (unpaired) electrons. The van der Waals surface area contributed by atoms with Crippen molar-refractivity contribution in [3.63, 3.8) is 0 Å². The molecule has 0 bridgehead atoms. The number of nitrogens with one attached hydrogen (secondary N) is 2. The van der Waals surface area contributed by atoms with E-state index in [0.29, 0.717) is 0 Å². The maximum Gasteiger partial charge on any atom is 0.0705 e. The number of benzene rings is 1. The molecule has 3 heteroatoms. The van der Waals surface area contributed by atoms with Gasteiger partial charge in [-0.1, -0.05) is 25.1 Å². The Hall–Kier alpha value is -1.45. The van der Waals surface area contributed by atoms with Crippen molar-refractivity contribution in [2.75, 3.05) is 19.6 Å². The molecular weight excluding hydrogens is 234 g/mol. The SMILES string of the molecule is CCCNCCCNCc1cccc2ncccc12. The molecule has 0 atom stereocenters. The maximum atomic E-state index is 4.38. The van der Waals surface area contributed by atoms with Crippen LogP contribution in [0.4, 0.5) is 0 Å². The Morgan fingerprint density at radius 1 is 1.00 bits per heavy atom. The number of pyridine rings is 1. The highest BCUT2D eigenvalue weighted by molar-refractivity contribution is 5.81. The summed E-state index contributed by atoms with van der Waals surface area (Å²) in [6.45, 7) is 6.37. The molecular formula is C16H23N3. The first kappa shape index (κ1) is 14.0. The van der Waals surface area contributed by atoms with Crippen molar-refractivity contribution >= 4 is 10.9 Å². The van der Waals surface area contributed by atoms with Crippen molar-refractivity contribution in [1.29, 1.82) is 0 Å². The summed E-state index contributed by atoms with van der Waals surface area (Å²) in [5.41, 5.74) is 2.40. The molecule has 102 valence electrons. The summed E-state index contributed by atoms with van der Waals surface area (Å²) >= 11 is 0. The van der Waals surface area contributed by atoms with Gasteiger partial charge in [-0.25, -0.2) is 0 Å². The highest BCUT2D eigenvalue weighted by Crippen LogP contribution is 2.15. The van der Waals surface area contributed by atoms with E-state index in [1.54, 1.807) is 0 Å². The van der Waals surface area contributed by atoms with Crippen molar-refractivity contribution in [2.45, 2.75) is 26.3 Å². The average Bonchev–Trinajstić information content (AvgIpc) is 2.46. The van der Waals surface area contributed by atoms with Crippen molar-refractivity contribution in [2.24, 2.45) is 0 Å². The van der Waals surface area contributed by atoms with Crippen LogP contribution >= 0.6 is 0 Å². The van der Waals surface area contributed by atoms with Crippen LogP contribution in [-0.4, -0.2) is 24.6 Å². The molecule has 0 aliphatic carbocycles. The zero-order valence-electron chi connectivity index (χ0n) is 11.7. The Labute approximate surface area is 115 Å². The van der Waals surface area contributed by atoms with Crippen molar-refractivity contribution < 1.29 is 0 Å². The fourth-order valence-corrected chi connectivity index (χ4v) is 2.18. The monoisotopic (exact) mass is 257 g/mol. The van der Waals surface area contributed by atoms with Gasteiger partial charge in [0.25, 0.3) is 0 Å². The minimum Gasteiger partial charge on any atom is -0.317 e. The predicted octanol–water partition coefficient (Wildman–Crippen LogP) is 2.71. The third kappa shape index (κ3) is 4.30. The minimum atomic E-state index is 0.914. The minimum absolute atomic E-state index is 0.914. The van der Waals surface area contributed by atoms with E-state index >= 15 is 0 Å². The van der Waals surface area contributed by atoms with Crippen LogP contribution in [0.5, 0.6) is 0 Å². The fraction of sp³-hybridized carbons (Fsp3) is 0.438. The van der Waals surface area contributed by atoms with E-state index in [9.17, 15) is 0 Å². The van der Waals surface area contributed by atoms with Crippen LogP contribution < -0.4 is 10.6 Å². The van der Waals surface area contributed by atoms with Crippen LogP contribution in [0.15, 0.2) is 36.5 Å². The van der Waals surface area contributed by atoms with Gasteiger partial charge in [0.2, 0.25) is 0 Å². The van der Waals surface area contributed by atoms with E-state index in [1.165, 1.54) is 23.8 Å². The molecule has 1 heterocycles. The molecule has 0 saturated heterocycles. The lowest BCUT2D eigenvalue weighted by atomic mass is 10.1. The first-order valence-electron chi connectivity index (χ1n) is 7.16. The molecule has 3 nitrogen and oxygen atoms in total. The van der Waals surface area contributed by atoms with Gasteiger partial charge in [0.15, 0.2) is 0 Å². The zero-order valence-corrected chi connectivity index (χ0v) is 11.7. The molecule has 19 heavy (non-hydrogen) atoms. The van der Waals surface area contributed by atoms with Crippen LogP contribution in [0.3, 0.4) is 0 Å². The Morgan fingerprint density at radius 3 is 2.79 bits per heavy atom. The molecule has 0 unspecified atom stereocenters. The fourth-order valence-electron chi connectivity index (χ4n) is 2.18. The summed E-state index contributed by atoms with van der Waals surface area (Å²) in [6.07, 6.45) is 4.22. The molecule has 1 aromatic heterocycles. The van der Waals surface area contributed by atoms with Gasteiger partial charge >= 0.3 is 0 Å². The van der Waals surface area contributed by atoms with E-state index in [-0.39, 0.29) is 0 Å². The van der Waals surface area contributed by atoms with Gasteiger partial charge in [0, 0.05) is 18.1 Å². The van der Waals surface area contributed by atoms with Crippen molar-refractivity contribution in [3.05, 3.63) is 42.1 Å². The third-order valence-electron chi connectivity index (χ3n) is 3.19. The Bertz CT molecular complexity index is 491. The van der Waals surface area contributed by atoms with Crippen LogP contribution in [-0.2, 0) is 6.54 Å². The number of nitrogens with zero attached hydrogens (tertiary/aromatic N) is 1. The molecule has 2 rings (SSSR count). The Kier molecular flexibility index (Phi) is 5.79. The van der Waals surface area contributed by atoms with E-state index in [4.69, 9.17) is 0 Å². The van der Waals surface area contributed by atoms with Crippen LogP contribution in [0.1, 0.15) is 25.3 Å². The standard InChI is InChI=1S/C16H23N3/c1-2-9-17-10-5-11-18-13-14-6-3-8-16-15(14)7-4-12-19-16/h3-4,6-8,12,17-18H,2,5,9-11,13H2,1H3. The van der Waals surface area contributed by atoms with Crippen molar-refractivity contribution in [3.8, 4) is 0 Å². The maximum absolute atomic E-state index is 4.38. The lowest BCUT2D eigenvalue weighted by Gasteiger charge is -2.08. The van der Waals surface area contributed by atoms with Gasteiger partial charge in [-0.3, -0.25) is 4.98 Å². The van der Waals surface area contributed by atoms with Crippen LogP contribution in [0, 0.1) is 0 Å². The Balaban J connectivity index is 1.78. The van der Waals surface area contributed by atoms with Crippen LogP contribution in [0.25, 0.3) is 10.9 Å². The summed E-state index contributed by atoms with van der Waals surface area (Å²) < 4.78 is 0. The number of fused-ring (bicyclic) bond motifs is 1. The zero-order chi connectivity index (χ0) is 13.3. The topological polar surface area (TPSA) is 37.0 Å². The quantitative estimate of drug-likeness (QED) is 0.714. The summed E-state index contributed by atoms with van der Waals surface area (Å²) in [7, 11) is 0. The van der Waals surface area contributed by atoms with E-state index < -0.39 is 0 Å². The third-order valence-corrected chi connectivity index (χ3v) is 3.19. The summed E-state index contributed by atoms with van der Waals surface area (Å²) in [4.78, 5) is 4.38. The molecule has 0 aliphatic rings. The summed E-state index contributed by atoms with van der Waals surface area (Å²) in [5.74, 6) is 0. The largest absolute Gasteiger partial charge is 0.317 e.